The summed E-state index contributed by atoms with van der Waals surface area (Å²) in [5, 5.41) is 13.2. The van der Waals surface area contributed by atoms with Gasteiger partial charge in [0, 0.05) is 62.2 Å². The van der Waals surface area contributed by atoms with Crippen LogP contribution in [0.2, 0.25) is 0 Å². The molecule has 0 aliphatic carbocycles. The number of nitrogens with zero attached hydrogens (tertiary/aromatic N) is 5. The second kappa shape index (κ2) is 11.4. The van der Waals surface area contributed by atoms with Crippen molar-refractivity contribution in [3.63, 3.8) is 0 Å². The Bertz CT molecular complexity index is 1290. The SMILES string of the molecule is N#Cc1cc(-c2nccc(Nc3cccc(N4CCN(C5COC5)CC4)c3)n2)ccc1OC1CCOCC1. The fourth-order valence-electron chi connectivity index (χ4n) is 5.11. The molecule has 0 radical (unpaired) electrons. The molecule has 3 fully saturated rings. The van der Waals surface area contributed by atoms with Crippen LogP contribution in [0.1, 0.15) is 18.4 Å². The predicted octanol–water partition coefficient (Wildman–Crippen LogP) is 3.84. The summed E-state index contributed by atoms with van der Waals surface area (Å²) in [6.45, 7) is 7.25. The summed E-state index contributed by atoms with van der Waals surface area (Å²) in [5.74, 6) is 1.84. The first kappa shape index (κ1) is 24.6. The van der Waals surface area contributed by atoms with Crippen molar-refractivity contribution in [3.8, 4) is 23.2 Å². The van der Waals surface area contributed by atoms with E-state index in [4.69, 9.17) is 19.2 Å². The Kier molecular flexibility index (Phi) is 7.36. The summed E-state index contributed by atoms with van der Waals surface area (Å²) in [6.07, 6.45) is 3.46. The zero-order valence-electron chi connectivity index (χ0n) is 21.4. The van der Waals surface area contributed by atoms with Gasteiger partial charge in [0.25, 0.3) is 0 Å². The summed E-state index contributed by atoms with van der Waals surface area (Å²) >= 11 is 0. The number of piperazine rings is 1. The van der Waals surface area contributed by atoms with E-state index < -0.39 is 0 Å². The third kappa shape index (κ3) is 5.58. The van der Waals surface area contributed by atoms with Crippen LogP contribution in [0.4, 0.5) is 17.2 Å². The van der Waals surface area contributed by atoms with Gasteiger partial charge in [-0.1, -0.05) is 6.07 Å². The second-order valence-electron chi connectivity index (χ2n) is 9.91. The van der Waals surface area contributed by atoms with E-state index in [-0.39, 0.29) is 6.10 Å². The molecule has 0 amide bonds. The molecule has 38 heavy (non-hydrogen) atoms. The van der Waals surface area contributed by atoms with Crippen LogP contribution in [0.25, 0.3) is 11.4 Å². The van der Waals surface area contributed by atoms with Gasteiger partial charge in [0.2, 0.25) is 0 Å². The van der Waals surface area contributed by atoms with Crippen LogP contribution in [0, 0.1) is 11.3 Å². The van der Waals surface area contributed by atoms with Crippen molar-refractivity contribution in [1.82, 2.24) is 14.9 Å². The van der Waals surface area contributed by atoms with E-state index in [0.29, 0.717) is 42.2 Å². The van der Waals surface area contributed by atoms with Gasteiger partial charge in [-0.2, -0.15) is 5.26 Å². The molecule has 3 aliphatic rings. The molecular weight excluding hydrogens is 480 g/mol. The zero-order chi connectivity index (χ0) is 25.7. The molecule has 9 nitrogen and oxygen atoms in total. The van der Waals surface area contributed by atoms with Crippen LogP contribution in [0.5, 0.6) is 5.75 Å². The van der Waals surface area contributed by atoms with Gasteiger partial charge >= 0.3 is 0 Å². The Labute approximate surface area is 223 Å². The van der Waals surface area contributed by atoms with Gasteiger partial charge in [-0.15, -0.1) is 0 Å². The first-order valence-corrected chi connectivity index (χ1v) is 13.3. The predicted molar refractivity (Wildman–Crippen MR) is 145 cm³/mol. The lowest BCUT2D eigenvalue weighted by molar-refractivity contribution is -0.0660. The number of benzene rings is 2. The minimum atomic E-state index is 0.0717. The molecule has 1 aromatic heterocycles. The highest BCUT2D eigenvalue weighted by Crippen LogP contribution is 2.28. The van der Waals surface area contributed by atoms with E-state index >= 15 is 0 Å². The van der Waals surface area contributed by atoms with E-state index in [0.717, 1.165) is 63.5 Å². The zero-order valence-corrected chi connectivity index (χ0v) is 21.4. The molecule has 9 heteroatoms. The van der Waals surface area contributed by atoms with Crippen molar-refractivity contribution in [3.05, 3.63) is 60.3 Å². The van der Waals surface area contributed by atoms with Gasteiger partial charge in [0.15, 0.2) is 5.82 Å². The molecule has 196 valence electrons. The number of hydrogen-bond donors (Lipinski definition) is 1. The summed E-state index contributed by atoms with van der Waals surface area (Å²) in [4.78, 5) is 14.1. The van der Waals surface area contributed by atoms with Crippen molar-refractivity contribution in [2.75, 3.05) is 62.8 Å². The van der Waals surface area contributed by atoms with Crippen molar-refractivity contribution in [1.29, 1.82) is 5.26 Å². The number of ether oxygens (including phenoxy) is 3. The molecular formula is C29H32N6O3. The van der Waals surface area contributed by atoms with E-state index in [9.17, 15) is 5.26 Å². The lowest BCUT2D eigenvalue weighted by Crippen LogP contribution is -2.56. The molecule has 0 atom stereocenters. The summed E-state index contributed by atoms with van der Waals surface area (Å²) < 4.78 is 16.9. The molecule has 0 unspecified atom stereocenters. The maximum absolute atomic E-state index is 9.74. The molecule has 3 saturated heterocycles. The summed E-state index contributed by atoms with van der Waals surface area (Å²) in [5.41, 5.74) is 3.43. The second-order valence-corrected chi connectivity index (χ2v) is 9.91. The van der Waals surface area contributed by atoms with Crippen molar-refractivity contribution in [2.45, 2.75) is 25.0 Å². The first-order chi connectivity index (χ1) is 18.7. The Hall–Kier alpha value is -3.71. The highest BCUT2D eigenvalue weighted by atomic mass is 16.5. The summed E-state index contributed by atoms with van der Waals surface area (Å²) in [7, 11) is 0. The largest absolute Gasteiger partial charge is 0.489 e. The van der Waals surface area contributed by atoms with Crippen molar-refractivity contribution in [2.24, 2.45) is 0 Å². The Morgan fingerprint density at radius 3 is 2.58 bits per heavy atom. The molecule has 3 aromatic rings. The quantitative estimate of drug-likeness (QED) is 0.507. The fraction of sp³-hybridized carbons (Fsp3) is 0.414. The van der Waals surface area contributed by atoms with E-state index in [2.05, 4.69) is 44.4 Å². The Morgan fingerprint density at radius 1 is 0.974 bits per heavy atom. The van der Waals surface area contributed by atoms with Crippen LogP contribution in [0.15, 0.2) is 54.7 Å². The lowest BCUT2D eigenvalue weighted by Gasteiger charge is -2.43. The van der Waals surface area contributed by atoms with Crippen LogP contribution in [-0.4, -0.2) is 79.6 Å². The molecule has 3 aliphatic heterocycles. The first-order valence-electron chi connectivity index (χ1n) is 13.3. The molecule has 1 N–H and O–H groups in total. The third-order valence-electron chi connectivity index (χ3n) is 7.41. The van der Waals surface area contributed by atoms with Gasteiger partial charge in [0.05, 0.1) is 38.0 Å². The molecule has 4 heterocycles. The number of hydrogen-bond acceptors (Lipinski definition) is 9. The highest BCUT2D eigenvalue weighted by Gasteiger charge is 2.29. The average Bonchev–Trinajstić information content (AvgIpc) is 2.94. The molecule has 2 aromatic carbocycles. The lowest BCUT2D eigenvalue weighted by atomic mass is 10.1. The minimum Gasteiger partial charge on any atom is -0.489 e. The van der Waals surface area contributed by atoms with Crippen LogP contribution in [0.3, 0.4) is 0 Å². The standard InChI is InChI=1S/C29H32N6O3/c30-18-22-16-21(4-5-27(22)38-26-7-14-36-15-8-26)29-31-9-6-28(33-29)32-23-2-1-3-24(17-23)34-10-12-35(13-11-34)25-19-37-20-25/h1-6,9,16-17,25-26H,7-8,10-15,19-20H2,(H,31,32,33). The van der Waals surface area contributed by atoms with Gasteiger partial charge in [-0.05, 0) is 42.5 Å². The van der Waals surface area contributed by atoms with E-state index in [1.165, 1.54) is 5.69 Å². The molecule has 6 rings (SSSR count). The van der Waals surface area contributed by atoms with Crippen molar-refractivity contribution < 1.29 is 14.2 Å². The maximum Gasteiger partial charge on any atom is 0.161 e. The van der Waals surface area contributed by atoms with Crippen LogP contribution < -0.4 is 15.0 Å². The van der Waals surface area contributed by atoms with Crippen LogP contribution in [-0.2, 0) is 9.47 Å². The minimum absolute atomic E-state index is 0.0717. The monoisotopic (exact) mass is 512 g/mol. The number of rotatable bonds is 7. The number of aromatic nitrogens is 2. The average molecular weight is 513 g/mol. The van der Waals surface area contributed by atoms with E-state index in [1.54, 1.807) is 12.3 Å². The molecule has 0 spiro atoms. The number of nitriles is 1. The fourth-order valence-corrected chi connectivity index (χ4v) is 5.11. The smallest absolute Gasteiger partial charge is 0.161 e. The van der Waals surface area contributed by atoms with Crippen molar-refractivity contribution >= 4 is 17.2 Å². The van der Waals surface area contributed by atoms with Crippen LogP contribution >= 0.6 is 0 Å². The topological polar surface area (TPSA) is 95.8 Å². The summed E-state index contributed by atoms with van der Waals surface area (Å²) in [6, 6.07) is 18.7. The highest BCUT2D eigenvalue weighted by molar-refractivity contribution is 5.66. The maximum atomic E-state index is 9.74. The van der Waals surface area contributed by atoms with Gasteiger partial charge in [0.1, 0.15) is 23.7 Å². The number of anilines is 3. The van der Waals surface area contributed by atoms with Gasteiger partial charge in [-0.25, -0.2) is 9.97 Å². The number of nitrogens with one attached hydrogen (secondary N) is 1. The normalized spacial score (nSPS) is 19.0. The van der Waals surface area contributed by atoms with E-state index in [1.807, 2.05) is 24.3 Å². The Balaban J connectivity index is 1.13. The third-order valence-corrected chi connectivity index (χ3v) is 7.41. The molecule has 0 bridgehead atoms. The molecule has 0 saturated carbocycles. The Morgan fingerprint density at radius 2 is 1.82 bits per heavy atom. The van der Waals surface area contributed by atoms with Gasteiger partial charge < -0.3 is 24.4 Å². The van der Waals surface area contributed by atoms with Gasteiger partial charge in [-0.3, -0.25) is 4.90 Å².